The molecule has 0 saturated heterocycles. The van der Waals surface area contributed by atoms with Gasteiger partial charge >= 0.3 is 0 Å². The van der Waals surface area contributed by atoms with Crippen LogP contribution in [0.15, 0.2) is 17.5 Å². The summed E-state index contributed by atoms with van der Waals surface area (Å²) in [4.78, 5) is 17.2. The minimum atomic E-state index is -0.0486. The highest BCUT2D eigenvalue weighted by Crippen LogP contribution is 2.26. The van der Waals surface area contributed by atoms with Gasteiger partial charge in [-0.1, -0.05) is 11.6 Å². The number of carbonyl (C=O) groups excluding carboxylic acids is 1. The SMILES string of the molecule is CC(NC(=O)Cc1nc(CCl)cs1)c1ccc(Cl)s1. The fraction of sp³-hybridized carbons (Fsp3) is 0.333. The van der Waals surface area contributed by atoms with Gasteiger partial charge in [-0.05, 0) is 19.1 Å². The molecule has 19 heavy (non-hydrogen) atoms. The van der Waals surface area contributed by atoms with Gasteiger partial charge in [-0.25, -0.2) is 4.98 Å². The number of aromatic nitrogens is 1. The molecular weight excluding hydrogens is 323 g/mol. The molecule has 2 rings (SSSR count). The summed E-state index contributed by atoms with van der Waals surface area (Å²) in [7, 11) is 0. The van der Waals surface area contributed by atoms with E-state index in [0.717, 1.165) is 19.9 Å². The van der Waals surface area contributed by atoms with Crippen LogP contribution in [-0.2, 0) is 17.1 Å². The maximum absolute atomic E-state index is 11.9. The fourth-order valence-electron chi connectivity index (χ4n) is 1.55. The lowest BCUT2D eigenvalue weighted by atomic mass is 10.2. The van der Waals surface area contributed by atoms with Crippen molar-refractivity contribution in [2.75, 3.05) is 0 Å². The highest BCUT2D eigenvalue weighted by atomic mass is 35.5. The first kappa shape index (κ1) is 14.8. The van der Waals surface area contributed by atoms with E-state index >= 15 is 0 Å². The van der Waals surface area contributed by atoms with E-state index in [1.165, 1.54) is 22.7 Å². The van der Waals surface area contributed by atoms with E-state index < -0.39 is 0 Å². The number of thiophene rings is 1. The molecule has 0 fully saturated rings. The van der Waals surface area contributed by atoms with E-state index in [1.807, 2.05) is 24.4 Å². The predicted octanol–water partition coefficient (Wildman–Crippen LogP) is 4.02. The Balaban J connectivity index is 1.90. The highest BCUT2D eigenvalue weighted by molar-refractivity contribution is 7.16. The summed E-state index contributed by atoms with van der Waals surface area (Å²) in [6.07, 6.45) is 0.283. The lowest BCUT2D eigenvalue weighted by Gasteiger charge is -2.11. The van der Waals surface area contributed by atoms with Crippen LogP contribution in [0.2, 0.25) is 4.34 Å². The number of hydrogen-bond acceptors (Lipinski definition) is 4. The molecule has 2 heterocycles. The van der Waals surface area contributed by atoms with Gasteiger partial charge in [-0.15, -0.1) is 34.3 Å². The minimum Gasteiger partial charge on any atom is -0.348 e. The molecule has 0 aliphatic heterocycles. The average Bonchev–Trinajstić information content (AvgIpc) is 2.97. The van der Waals surface area contributed by atoms with E-state index in [9.17, 15) is 4.79 Å². The number of halogens is 2. The molecule has 1 N–H and O–H groups in total. The monoisotopic (exact) mass is 334 g/mol. The Labute approximate surface area is 129 Å². The summed E-state index contributed by atoms with van der Waals surface area (Å²) in [6.45, 7) is 1.94. The zero-order valence-electron chi connectivity index (χ0n) is 10.2. The van der Waals surface area contributed by atoms with Gasteiger partial charge < -0.3 is 5.32 Å². The van der Waals surface area contributed by atoms with Crippen molar-refractivity contribution in [1.82, 2.24) is 10.3 Å². The summed E-state index contributed by atoms with van der Waals surface area (Å²) >= 11 is 14.5. The Bertz CT molecular complexity index is 568. The molecule has 1 amide bonds. The van der Waals surface area contributed by atoms with E-state index in [4.69, 9.17) is 23.2 Å². The third-order valence-corrected chi connectivity index (χ3v) is 5.03. The van der Waals surface area contributed by atoms with Gasteiger partial charge in [0.2, 0.25) is 5.91 Å². The van der Waals surface area contributed by atoms with Crippen LogP contribution < -0.4 is 5.32 Å². The molecule has 0 aliphatic carbocycles. The number of rotatable bonds is 5. The van der Waals surface area contributed by atoms with Crippen molar-refractivity contribution >= 4 is 51.8 Å². The van der Waals surface area contributed by atoms with Gasteiger partial charge in [0, 0.05) is 10.3 Å². The van der Waals surface area contributed by atoms with Gasteiger partial charge in [-0.3, -0.25) is 4.79 Å². The summed E-state index contributed by atoms with van der Waals surface area (Å²) < 4.78 is 0.725. The fourth-order valence-corrected chi connectivity index (χ4v) is 3.64. The molecule has 1 unspecified atom stereocenters. The van der Waals surface area contributed by atoms with Gasteiger partial charge in [0.05, 0.1) is 28.4 Å². The Hall–Kier alpha value is -0.620. The second kappa shape index (κ2) is 6.70. The topological polar surface area (TPSA) is 42.0 Å². The molecule has 0 bridgehead atoms. The van der Waals surface area contributed by atoms with Gasteiger partial charge in [0.15, 0.2) is 0 Å². The summed E-state index contributed by atoms with van der Waals surface area (Å²) in [5.41, 5.74) is 0.813. The van der Waals surface area contributed by atoms with Gasteiger partial charge in [0.25, 0.3) is 0 Å². The van der Waals surface area contributed by atoms with Gasteiger partial charge in [-0.2, -0.15) is 0 Å². The zero-order valence-corrected chi connectivity index (χ0v) is 13.3. The molecule has 1 atom stereocenters. The Morgan fingerprint density at radius 2 is 2.32 bits per heavy atom. The smallest absolute Gasteiger partial charge is 0.227 e. The number of hydrogen-bond donors (Lipinski definition) is 1. The van der Waals surface area contributed by atoms with Crippen molar-refractivity contribution in [3.8, 4) is 0 Å². The van der Waals surface area contributed by atoms with Crippen molar-refractivity contribution in [2.45, 2.75) is 25.3 Å². The van der Waals surface area contributed by atoms with Crippen LogP contribution in [0.25, 0.3) is 0 Å². The Kier molecular flexibility index (Phi) is 5.21. The van der Waals surface area contributed by atoms with Crippen LogP contribution in [0.1, 0.15) is 28.5 Å². The largest absolute Gasteiger partial charge is 0.348 e. The van der Waals surface area contributed by atoms with E-state index in [0.29, 0.717) is 5.88 Å². The molecule has 2 aromatic rings. The van der Waals surface area contributed by atoms with Crippen molar-refractivity contribution in [3.63, 3.8) is 0 Å². The van der Waals surface area contributed by atoms with Crippen molar-refractivity contribution in [3.05, 3.63) is 37.4 Å². The van der Waals surface area contributed by atoms with E-state index in [-0.39, 0.29) is 18.4 Å². The van der Waals surface area contributed by atoms with Crippen LogP contribution in [0.4, 0.5) is 0 Å². The Morgan fingerprint density at radius 1 is 1.53 bits per heavy atom. The number of alkyl halides is 1. The standard InChI is InChI=1S/C12H12Cl2N2OS2/c1-7(9-2-3-10(14)19-9)15-11(17)4-12-16-8(5-13)6-18-12/h2-3,6-7H,4-5H2,1H3,(H,15,17). The molecule has 0 radical (unpaired) electrons. The zero-order chi connectivity index (χ0) is 13.8. The molecule has 0 aliphatic rings. The van der Waals surface area contributed by atoms with Crippen molar-refractivity contribution in [2.24, 2.45) is 0 Å². The predicted molar refractivity (Wildman–Crippen MR) is 81.3 cm³/mol. The van der Waals surface area contributed by atoms with E-state index in [1.54, 1.807) is 0 Å². The van der Waals surface area contributed by atoms with E-state index in [2.05, 4.69) is 10.3 Å². The third kappa shape index (κ3) is 4.18. The van der Waals surface area contributed by atoms with Gasteiger partial charge in [0.1, 0.15) is 5.01 Å². The number of carbonyl (C=O) groups is 1. The van der Waals surface area contributed by atoms with Crippen LogP contribution in [0.5, 0.6) is 0 Å². The molecule has 2 aromatic heterocycles. The quantitative estimate of drug-likeness (QED) is 0.839. The number of amides is 1. The Morgan fingerprint density at radius 3 is 2.89 bits per heavy atom. The number of thiazole rings is 1. The number of nitrogens with zero attached hydrogens (tertiary/aromatic N) is 1. The van der Waals surface area contributed by atoms with Crippen LogP contribution in [0, 0.1) is 0 Å². The van der Waals surface area contributed by atoms with Crippen LogP contribution >= 0.6 is 45.9 Å². The molecule has 0 aromatic carbocycles. The first-order chi connectivity index (χ1) is 9.08. The van der Waals surface area contributed by atoms with Crippen molar-refractivity contribution in [1.29, 1.82) is 0 Å². The molecule has 0 saturated carbocycles. The highest BCUT2D eigenvalue weighted by Gasteiger charge is 2.13. The molecule has 102 valence electrons. The maximum Gasteiger partial charge on any atom is 0.227 e. The summed E-state index contributed by atoms with van der Waals surface area (Å²) in [5.74, 6) is 0.329. The molecule has 3 nitrogen and oxygen atoms in total. The maximum atomic E-state index is 11.9. The summed E-state index contributed by atoms with van der Waals surface area (Å²) in [5, 5.41) is 5.59. The van der Waals surface area contributed by atoms with Crippen molar-refractivity contribution < 1.29 is 4.79 Å². The normalized spacial score (nSPS) is 12.4. The van der Waals surface area contributed by atoms with Crippen LogP contribution in [-0.4, -0.2) is 10.9 Å². The summed E-state index contributed by atoms with van der Waals surface area (Å²) in [6, 6.07) is 3.71. The average molecular weight is 335 g/mol. The lowest BCUT2D eigenvalue weighted by Crippen LogP contribution is -2.27. The first-order valence-electron chi connectivity index (χ1n) is 5.62. The first-order valence-corrected chi connectivity index (χ1v) is 8.23. The lowest BCUT2D eigenvalue weighted by molar-refractivity contribution is -0.121. The number of nitrogens with one attached hydrogen (secondary N) is 1. The second-order valence-corrected chi connectivity index (χ2v) is 6.93. The minimum absolute atomic E-state index is 0.0440. The second-order valence-electron chi connectivity index (χ2n) is 3.97. The van der Waals surface area contributed by atoms with Crippen LogP contribution in [0.3, 0.4) is 0 Å². The third-order valence-electron chi connectivity index (χ3n) is 2.45. The molecule has 0 spiro atoms. The molecule has 7 heteroatoms. The molecular formula is C12H12Cl2N2OS2.